The number of benzene rings is 1. The molecule has 19 heavy (non-hydrogen) atoms. The first-order valence-corrected chi connectivity index (χ1v) is 7.16. The zero-order valence-corrected chi connectivity index (χ0v) is 12.2. The molecule has 0 aliphatic rings. The summed E-state index contributed by atoms with van der Waals surface area (Å²) in [6.45, 7) is 6.26. The van der Waals surface area contributed by atoms with Crippen LogP contribution in [0.15, 0.2) is 29.6 Å². The molecular formula is C15H17N3S. The Kier molecular flexibility index (Phi) is 4.31. The molecule has 2 unspecified atom stereocenters. The lowest BCUT2D eigenvalue weighted by atomic mass is 10.1. The maximum absolute atomic E-state index is 8.79. The minimum absolute atomic E-state index is 0.218. The van der Waals surface area contributed by atoms with Crippen LogP contribution in [-0.2, 0) is 0 Å². The van der Waals surface area contributed by atoms with Gasteiger partial charge in [-0.1, -0.05) is 12.1 Å². The second-order valence-electron chi connectivity index (χ2n) is 4.64. The van der Waals surface area contributed by atoms with Crippen molar-refractivity contribution in [2.75, 3.05) is 0 Å². The van der Waals surface area contributed by atoms with Gasteiger partial charge >= 0.3 is 0 Å². The third-order valence-electron chi connectivity index (χ3n) is 3.12. The van der Waals surface area contributed by atoms with Crippen molar-refractivity contribution in [3.05, 3.63) is 51.5 Å². The number of nitrogens with zero attached hydrogens (tertiary/aromatic N) is 2. The van der Waals surface area contributed by atoms with Gasteiger partial charge in [0, 0.05) is 17.5 Å². The summed E-state index contributed by atoms with van der Waals surface area (Å²) in [5, 5.41) is 15.5. The molecule has 0 aliphatic carbocycles. The van der Waals surface area contributed by atoms with Crippen LogP contribution in [0, 0.1) is 18.3 Å². The van der Waals surface area contributed by atoms with Crippen molar-refractivity contribution in [3.8, 4) is 6.07 Å². The summed E-state index contributed by atoms with van der Waals surface area (Å²) in [5.41, 5.74) is 2.96. The number of rotatable bonds is 4. The molecule has 0 radical (unpaired) electrons. The zero-order chi connectivity index (χ0) is 13.8. The maximum Gasteiger partial charge on any atom is 0.0991 e. The molecule has 3 nitrogen and oxygen atoms in total. The highest BCUT2D eigenvalue weighted by Crippen LogP contribution is 2.21. The summed E-state index contributed by atoms with van der Waals surface area (Å²) in [6.07, 6.45) is 0. The Bertz CT molecular complexity index is 580. The summed E-state index contributed by atoms with van der Waals surface area (Å²) in [5.74, 6) is 0. The standard InChI is InChI=1S/C15H17N3S/c1-10(14-6-4-13(8-16)5-7-14)17-11(2)15-9-19-12(3)18-15/h4-7,9-11,17H,1-3H3. The van der Waals surface area contributed by atoms with Crippen LogP contribution in [0.3, 0.4) is 0 Å². The Morgan fingerprint density at radius 2 is 1.89 bits per heavy atom. The molecule has 1 heterocycles. The molecule has 2 rings (SSSR count). The smallest absolute Gasteiger partial charge is 0.0991 e. The molecule has 1 N–H and O–H groups in total. The van der Waals surface area contributed by atoms with E-state index in [-0.39, 0.29) is 12.1 Å². The maximum atomic E-state index is 8.79. The Labute approximate surface area is 117 Å². The van der Waals surface area contributed by atoms with E-state index in [1.165, 1.54) is 5.56 Å². The van der Waals surface area contributed by atoms with E-state index in [1.54, 1.807) is 11.3 Å². The second-order valence-corrected chi connectivity index (χ2v) is 5.70. The molecule has 4 heteroatoms. The summed E-state index contributed by atoms with van der Waals surface area (Å²) in [7, 11) is 0. The quantitative estimate of drug-likeness (QED) is 0.921. The van der Waals surface area contributed by atoms with Crippen molar-refractivity contribution in [1.29, 1.82) is 5.26 Å². The largest absolute Gasteiger partial charge is 0.302 e. The van der Waals surface area contributed by atoms with E-state index in [9.17, 15) is 0 Å². The number of hydrogen-bond acceptors (Lipinski definition) is 4. The van der Waals surface area contributed by atoms with Crippen LogP contribution >= 0.6 is 11.3 Å². The Balaban J connectivity index is 2.04. The van der Waals surface area contributed by atoms with Gasteiger partial charge in [0.1, 0.15) is 0 Å². The Morgan fingerprint density at radius 1 is 1.21 bits per heavy atom. The number of nitriles is 1. The first kappa shape index (κ1) is 13.7. The summed E-state index contributed by atoms with van der Waals surface area (Å²) >= 11 is 1.67. The van der Waals surface area contributed by atoms with Gasteiger partial charge in [0.2, 0.25) is 0 Å². The Hall–Kier alpha value is -1.70. The van der Waals surface area contributed by atoms with Crippen molar-refractivity contribution in [1.82, 2.24) is 10.3 Å². The molecule has 98 valence electrons. The van der Waals surface area contributed by atoms with Gasteiger partial charge < -0.3 is 5.32 Å². The molecular weight excluding hydrogens is 254 g/mol. The van der Waals surface area contributed by atoms with Crippen molar-refractivity contribution in [3.63, 3.8) is 0 Å². The van der Waals surface area contributed by atoms with Crippen LogP contribution in [0.2, 0.25) is 0 Å². The van der Waals surface area contributed by atoms with Gasteiger partial charge in [-0.15, -0.1) is 11.3 Å². The number of thiazole rings is 1. The van der Waals surface area contributed by atoms with Crippen LogP contribution in [0.5, 0.6) is 0 Å². The highest BCUT2D eigenvalue weighted by molar-refractivity contribution is 7.09. The van der Waals surface area contributed by atoms with Gasteiger partial charge in [0.15, 0.2) is 0 Å². The summed E-state index contributed by atoms with van der Waals surface area (Å²) in [6, 6.07) is 10.3. The SMILES string of the molecule is Cc1nc(C(C)NC(C)c2ccc(C#N)cc2)cs1. The van der Waals surface area contributed by atoms with E-state index in [0.717, 1.165) is 10.7 Å². The molecule has 1 aromatic carbocycles. The van der Waals surface area contributed by atoms with Gasteiger partial charge in [0.05, 0.1) is 22.3 Å². The van der Waals surface area contributed by atoms with Crippen LogP contribution < -0.4 is 5.32 Å². The van der Waals surface area contributed by atoms with Gasteiger partial charge in [-0.2, -0.15) is 5.26 Å². The molecule has 0 saturated carbocycles. The molecule has 0 saturated heterocycles. The molecule has 2 atom stereocenters. The van der Waals surface area contributed by atoms with Gasteiger partial charge in [-0.3, -0.25) is 0 Å². The fraction of sp³-hybridized carbons (Fsp3) is 0.333. The van der Waals surface area contributed by atoms with E-state index in [1.807, 2.05) is 31.2 Å². The van der Waals surface area contributed by atoms with Crippen LogP contribution in [-0.4, -0.2) is 4.98 Å². The lowest BCUT2D eigenvalue weighted by Gasteiger charge is -2.19. The van der Waals surface area contributed by atoms with Crippen molar-refractivity contribution < 1.29 is 0 Å². The lowest BCUT2D eigenvalue weighted by Crippen LogP contribution is -2.22. The number of aryl methyl sites for hydroxylation is 1. The third kappa shape index (κ3) is 3.40. The Morgan fingerprint density at radius 3 is 2.42 bits per heavy atom. The molecule has 0 fully saturated rings. The van der Waals surface area contributed by atoms with Crippen molar-refractivity contribution in [2.45, 2.75) is 32.9 Å². The lowest BCUT2D eigenvalue weighted by molar-refractivity contribution is 0.487. The molecule has 0 amide bonds. The molecule has 0 spiro atoms. The fourth-order valence-electron chi connectivity index (χ4n) is 1.98. The summed E-state index contributed by atoms with van der Waals surface area (Å²) in [4.78, 5) is 4.50. The van der Waals surface area contributed by atoms with Crippen LogP contribution in [0.25, 0.3) is 0 Å². The highest BCUT2D eigenvalue weighted by Gasteiger charge is 2.13. The minimum Gasteiger partial charge on any atom is -0.302 e. The second kappa shape index (κ2) is 5.96. The monoisotopic (exact) mass is 271 g/mol. The number of hydrogen-bond donors (Lipinski definition) is 1. The molecule has 0 bridgehead atoms. The topological polar surface area (TPSA) is 48.7 Å². The van der Waals surface area contributed by atoms with E-state index < -0.39 is 0 Å². The first-order valence-electron chi connectivity index (χ1n) is 6.28. The van der Waals surface area contributed by atoms with E-state index >= 15 is 0 Å². The van der Waals surface area contributed by atoms with Gasteiger partial charge in [-0.25, -0.2) is 4.98 Å². The van der Waals surface area contributed by atoms with Crippen molar-refractivity contribution >= 4 is 11.3 Å². The average molecular weight is 271 g/mol. The fourth-order valence-corrected chi connectivity index (χ4v) is 2.69. The van der Waals surface area contributed by atoms with E-state index in [2.05, 4.69) is 35.6 Å². The van der Waals surface area contributed by atoms with Gasteiger partial charge in [0.25, 0.3) is 0 Å². The first-order chi connectivity index (χ1) is 9.10. The minimum atomic E-state index is 0.218. The van der Waals surface area contributed by atoms with Crippen molar-refractivity contribution in [2.24, 2.45) is 0 Å². The van der Waals surface area contributed by atoms with Crippen LogP contribution in [0.1, 0.15) is 47.8 Å². The van der Waals surface area contributed by atoms with Crippen LogP contribution in [0.4, 0.5) is 0 Å². The third-order valence-corrected chi connectivity index (χ3v) is 3.91. The highest BCUT2D eigenvalue weighted by atomic mass is 32.1. The molecule has 1 aromatic heterocycles. The number of nitrogens with one attached hydrogen (secondary N) is 1. The molecule has 0 aliphatic heterocycles. The molecule has 2 aromatic rings. The summed E-state index contributed by atoms with van der Waals surface area (Å²) < 4.78 is 0. The number of aromatic nitrogens is 1. The van der Waals surface area contributed by atoms with E-state index in [0.29, 0.717) is 5.56 Å². The average Bonchev–Trinajstić information content (AvgIpc) is 2.85. The predicted molar refractivity (Wildman–Crippen MR) is 78.0 cm³/mol. The zero-order valence-electron chi connectivity index (χ0n) is 11.3. The normalized spacial score (nSPS) is 13.8. The van der Waals surface area contributed by atoms with Gasteiger partial charge in [-0.05, 0) is 38.5 Å². The van der Waals surface area contributed by atoms with E-state index in [4.69, 9.17) is 5.26 Å². The predicted octanol–water partition coefficient (Wildman–Crippen LogP) is 3.74.